The average molecular weight is 240 g/mol. The first kappa shape index (κ1) is 12.4. The van der Waals surface area contributed by atoms with Crippen LogP contribution in [0.15, 0.2) is 30.3 Å². The molecule has 0 radical (unpaired) electrons. The standard InChI is InChI=1S/C15H16N2O/c16-11-13-5-3-4-12(10-13)8-9-15(18)17-14-6-1-2-7-14/h3-5,8-10,14H,1-2,6-7H2,(H,17,18). The smallest absolute Gasteiger partial charge is 0.244 e. The number of carbonyl (C=O) groups is 1. The van der Waals surface area contributed by atoms with Gasteiger partial charge < -0.3 is 5.32 Å². The van der Waals surface area contributed by atoms with E-state index in [1.165, 1.54) is 18.9 Å². The van der Waals surface area contributed by atoms with Crippen LogP contribution in [0.4, 0.5) is 0 Å². The van der Waals surface area contributed by atoms with Crippen molar-refractivity contribution in [3.63, 3.8) is 0 Å². The molecule has 1 aliphatic rings. The Hall–Kier alpha value is -2.08. The predicted molar refractivity (Wildman–Crippen MR) is 70.6 cm³/mol. The zero-order valence-electron chi connectivity index (χ0n) is 10.2. The molecule has 1 aromatic rings. The van der Waals surface area contributed by atoms with Gasteiger partial charge in [-0.15, -0.1) is 0 Å². The third-order valence-corrected chi connectivity index (χ3v) is 3.14. The summed E-state index contributed by atoms with van der Waals surface area (Å²) < 4.78 is 0. The molecule has 18 heavy (non-hydrogen) atoms. The molecule has 1 fully saturated rings. The van der Waals surface area contributed by atoms with Gasteiger partial charge in [-0.2, -0.15) is 5.26 Å². The SMILES string of the molecule is N#Cc1cccc(C=CC(=O)NC2CCCC2)c1. The summed E-state index contributed by atoms with van der Waals surface area (Å²) in [6.45, 7) is 0. The molecule has 0 saturated heterocycles. The van der Waals surface area contributed by atoms with Gasteiger partial charge in [0.15, 0.2) is 0 Å². The summed E-state index contributed by atoms with van der Waals surface area (Å²) in [6, 6.07) is 9.62. The maximum atomic E-state index is 11.7. The lowest BCUT2D eigenvalue weighted by molar-refractivity contribution is -0.117. The van der Waals surface area contributed by atoms with E-state index in [4.69, 9.17) is 5.26 Å². The van der Waals surface area contributed by atoms with Gasteiger partial charge in [0, 0.05) is 12.1 Å². The maximum Gasteiger partial charge on any atom is 0.244 e. The normalized spacial score (nSPS) is 15.7. The zero-order chi connectivity index (χ0) is 12.8. The second-order valence-corrected chi connectivity index (χ2v) is 4.56. The highest BCUT2D eigenvalue weighted by Crippen LogP contribution is 2.17. The number of rotatable bonds is 3. The number of carbonyl (C=O) groups excluding carboxylic acids is 1. The number of nitrogens with zero attached hydrogens (tertiary/aromatic N) is 1. The monoisotopic (exact) mass is 240 g/mol. The molecule has 0 aliphatic heterocycles. The van der Waals surface area contributed by atoms with E-state index in [0.717, 1.165) is 18.4 Å². The van der Waals surface area contributed by atoms with E-state index >= 15 is 0 Å². The summed E-state index contributed by atoms with van der Waals surface area (Å²) in [7, 11) is 0. The number of nitriles is 1. The van der Waals surface area contributed by atoms with Crippen molar-refractivity contribution in [2.75, 3.05) is 0 Å². The highest BCUT2D eigenvalue weighted by Gasteiger charge is 2.15. The molecule has 1 N–H and O–H groups in total. The lowest BCUT2D eigenvalue weighted by atomic mass is 10.1. The molecule has 0 unspecified atom stereocenters. The van der Waals surface area contributed by atoms with Crippen LogP contribution in [-0.4, -0.2) is 11.9 Å². The summed E-state index contributed by atoms with van der Waals surface area (Å²) >= 11 is 0. The molecule has 2 rings (SSSR count). The first-order valence-electron chi connectivity index (χ1n) is 6.26. The Bertz CT molecular complexity index is 493. The molecular weight excluding hydrogens is 224 g/mol. The van der Waals surface area contributed by atoms with Crippen LogP contribution in [0.1, 0.15) is 36.8 Å². The fraction of sp³-hybridized carbons (Fsp3) is 0.333. The van der Waals surface area contributed by atoms with Gasteiger partial charge in [0.2, 0.25) is 5.91 Å². The van der Waals surface area contributed by atoms with Crippen LogP contribution in [-0.2, 0) is 4.79 Å². The molecule has 92 valence electrons. The van der Waals surface area contributed by atoms with E-state index in [1.54, 1.807) is 18.2 Å². The Morgan fingerprint density at radius 1 is 1.39 bits per heavy atom. The summed E-state index contributed by atoms with van der Waals surface area (Å²) in [4.78, 5) is 11.7. The van der Waals surface area contributed by atoms with Crippen LogP contribution in [0.2, 0.25) is 0 Å². The van der Waals surface area contributed by atoms with Crippen molar-refractivity contribution in [1.29, 1.82) is 5.26 Å². The van der Waals surface area contributed by atoms with Gasteiger partial charge in [-0.05, 0) is 36.6 Å². The number of hydrogen-bond donors (Lipinski definition) is 1. The molecule has 0 spiro atoms. The van der Waals surface area contributed by atoms with Crippen LogP contribution >= 0.6 is 0 Å². The third kappa shape index (κ3) is 3.46. The summed E-state index contributed by atoms with van der Waals surface area (Å²) in [5, 5.41) is 11.8. The van der Waals surface area contributed by atoms with E-state index in [1.807, 2.05) is 12.1 Å². The molecule has 3 heteroatoms. The van der Waals surface area contributed by atoms with Crippen LogP contribution in [0.3, 0.4) is 0 Å². The fourth-order valence-corrected chi connectivity index (χ4v) is 2.20. The van der Waals surface area contributed by atoms with E-state index in [-0.39, 0.29) is 5.91 Å². The largest absolute Gasteiger partial charge is 0.350 e. The van der Waals surface area contributed by atoms with E-state index in [0.29, 0.717) is 11.6 Å². The zero-order valence-corrected chi connectivity index (χ0v) is 10.2. The van der Waals surface area contributed by atoms with E-state index < -0.39 is 0 Å². The second kappa shape index (κ2) is 6.02. The molecule has 0 heterocycles. The number of benzene rings is 1. The molecule has 3 nitrogen and oxygen atoms in total. The fourth-order valence-electron chi connectivity index (χ4n) is 2.20. The number of nitrogens with one attached hydrogen (secondary N) is 1. The lowest BCUT2D eigenvalue weighted by Crippen LogP contribution is -2.30. The van der Waals surface area contributed by atoms with Gasteiger partial charge in [-0.3, -0.25) is 4.79 Å². The van der Waals surface area contributed by atoms with Crippen molar-refractivity contribution in [2.45, 2.75) is 31.7 Å². The molecule has 1 aliphatic carbocycles. The molecule has 1 amide bonds. The van der Waals surface area contributed by atoms with Gasteiger partial charge >= 0.3 is 0 Å². The van der Waals surface area contributed by atoms with E-state index in [2.05, 4.69) is 11.4 Å². The summed E-state index contributed by atoms with van der Waals surface area (Å²) in [6.07, 6.45) is 7.87. The lowest BCUT2D eigenvalue weighted by Gasteiger charge is -2.08. The second-order valence-electron chi connectivity index (χ2n) is 4.56. The first-order chi connectivity index (χ1) is 8.78. The molecule has 0 bridgehead atoms. The van der Waals surface area contributed by atoms with Gasteiger partial charge in [0.1, 0.15) is 0 Å². The van der Waals surface area contributed by atoms with Gasteiger partial charge in [-0.25, -0.2) is 0 Å². The van der Waals surface area contributed by atoms with Crippen molar-refractivity contribution >= 4 is 12.0 Å². The Kier molecular flexibility index (Phi) is 4.14. The van der Waals surface area contributed by atoms with E-state index in [9.17, 15) is 4.79 Å². The molecular formula is C15H16N2O. The Morgan fingerprint density at radius 3 is 2.89 bits per heavy atom. The minimum absolute atomic E-state index is 0.0516. The van der Waals surface area contributed by atoms with Crippen molar-refractivity contribution in [3.05, 3.63) is 41.5 Å². The van der Waals surface area contributed by atoms with Crippen LogP contribution < -0.4 is 5.32 Å². The van der Waals surface area contributed by atoms with Crippen LogP contribution in [0.5, 0.6) is 0 Å². The van der Waals surface area contributed by atoms with Gasteiger partial charge in [0.25, 0.3) is 0 Å². The average Bonchev–Trinajstić information content (AvgIpc) is 2.89. The van der Waals surface area contributed by atoms with Crippen LogP contribution in [0, 0.1) is 11.3 Å². The third-order valence-electron chi connectivity index (χ3n) is 3.14. The maximum absolute atomic E-state index is 11.7. The van der Waals surface area contributed by atoms with Crippen LogP contribution in [0.25, 0.3) is 6.08 Å². The predicted octanol–water partition coefficient (Wildman–Crippen LogP) is 2.63. The number of hydrogen-bond acceptors (Lipinski definition) is 2. The Morgan fingerprint density at radius 2 is 2.17 bits per heavy atom. The minimum atomic E-state index is -0.0516. The Labute approximate surface area is 107 Å². The Balaban J connectivity index is 1.93. The van der Waals surface area contributed by atoms with Crippen molar-refractivity contribution in [3.8, 4) is 6.07 Å². The highest BCUT2D eigenvalue weighted by molar-refractivity contribution is 5.91. The van der Waals surface area contributed by atoms with Gasteiger partial charge in [-0.1, -0.05) is 25.0 Å². The number of amides is 1. The van der Waals surface area contributed by atoms with Crippen molar-refractivity contribution in [1.82, 2.24) is 5.32 Å². The topological polar surface area (TPSA) is 52.9 Å². The van der Waals surface area contributed by atoms with Crippen molar-refractivity contribution in [2.24, 2.45) is 0 Å². The first-order valence-corrected chi connectivity index (χ1v) is 6.26. The summed E-state index contributed by atoms with van der Waals surface area (Å²) in [5.41, 5.74) is 1.48. The molecule has 1 saturated carbocycles. The molecule has 0 aromatic heterocycles. The summed E-state index contributed by atoms with van der Waals surface area (Å²) in [5.74, 6) is -0.0516. The van der Waals surface area contributed by atoms with Gasteiger partial charge in [0.05, 0.1) is 11.6 Å². The minimum Gasteiger partial charge on any atom is -0.350 e. The molecule has 1 aromatic carbocycles. The van der Waals surface area contributed by atoms with Crippen molar-refractivity contribution < 1.29 is 4.79 Å². The molecule has 0 atom stereocenters. The quantitative estimate of drug-likeness (QED) is 0.826. The highest BCUT2D eigenvalue weighted by atomic mass is 16.1.